The van der Waals surface area contributed by atoms with Gasteiger partial charge < -0.3 is 25.1 Å². The Morgan fingerprint density at radius 3 is 2.17 bits per heavy atom. The number of nitrogens with zero attached hydrogens (tertiary/aromatic N) is 2. The molecule has 1 radical (unpaired) electrons. The summed E-state index contributed by atoms with van der Waals surface area (Å²) < 4.78 is 42.3. The van der Waals surface area contributed by atoms with Crippen molar-refractivity contribution >= 4 is 55.3 Å². The van der Waals surface area contributed by atoms with Crippen molar-refractivity contribution in [3.63, 3.8) is 0 Å². The summed E-state index contributed by atoms with van der Waals surface area (Å²) in [6.07, 6.45) is 5.68. The topological polar surface area (TPSA) is 126 Å². The minimum absolute atomic E-state index is 0. The Bertz CT molecular complexity index is 1340. The van der Waals surface area contributed by atoms with Gasteiger partial charge in [-0.1, -0.05) is 64.2 Å². The second-order valence-electron chi connectivity index (χ2n) is 7.29. The van der Waals surface area contributed by atoms with Gasteiger partial charge in [0.2, 0.25) is 10.0 Å². The smallest absolute Gasteiger partial charge is 0.243 e. The number of rotatable bonds is 12. The third kappa shape index (κ3) is 11.4. The summed E-state index contributed by atoms with van der Waals surface area (Å²) in [5.41, 5.74) is 2.19. The largest absolute Gasteiger partial charge is 0.678 e. The molecular formula is C29H38FN2O6S2Ta-. The average molecular weight is 775 g/mol. The zero-order valence-corrected chi connectivity index (χ0v) is 28.8. The van der Waals surface area contributed by atoms with E-state index in [-0.39, 0.29) is 46.9 Å². The molecule has 225 valence electrons. The predicted molar refractivity (Wildman–Crippen MR) is 162 cm³/mol. The number of aldehydes is 2. The maximum atomic E-state index is 14.4. The van der Waals surface area contributed by atoms with Gasteiger partial charge in [0.15, 0.2) is 0 Å². The number of carbonyl (C=O) groups excluding carboxylic acids is 2. The van der Waals surface area contributed by atoms with Gasteiger partial charge in [0.05, 0.1) is 16.1 Å². The Morgan fingerprint density at radius 2 is 1.66 bits per heavy atom. The summed E-state index contributed by atoms with van der Waals surface area (Å²) >= 11 is 1.09. The molecule has 0 unspecified atom stereocenters. The van der Waals surface area contributed by atoms with Crippen LogP contribution in [0.25, 0.3) is 21.0 Å². The van der Waals surface area contributed by atoms with Crippen LogP contribution in [-0.4, -0.2) is 62.8 Å². The van der Waals surface area contributed by atoms with Gasteiger partial charge in [0.25, 0.3) is 0 Å². The van der Waals surface area contributed by atoms with Gasteiger partial charge in [-0.15, -0.1) is 17.0 Å². The number of carbonyl (C=O) groups is 2. The Labute approximate surface area is 262 Å². The number of halogens is 1. The van der Waals surface area contributed by atoms with Crippen molar-refractivity contribution in [2.75, 3.05) is 27.3 Å². The number of benzene rings is 2. The monoisotopic (exact) mass is 774 g/mol. The molecule has 3 rings (SSSR count). The standard InChI is InChI=1S/C25H24FN2O4S2.C2H6.2CH4O.Ta/c1-3-5-18(4-2)19-6-8-21(9-7-19)34(31,32)28(13-15-30)17-20-16-22-24(27-12-14-29)11-10-23(26)25(22)33-20;3*1-2;/h4-11,14-16H,2-3,12-13,17H2,1H3;1-2H3;2*2H,1H3;/q-1;;;;/b18-5+;;;;. The molecule has 8 nitrogen and oxygen atoms in total. The molecule has 0 bridgehead atoms. The molecule has 1 heterocycles. The minimum Gasteiger partial charge on any atom is -0.678 e. The van der Waals surface area contributed by atoms with Gasteiger partial charge in [-0.3, -0.25) is 0 Å². The molecule has 0 aliphatic carbocycles. The van der Waals surface area contributed by atoms with Crippen molar-refractivity contribution in [1.82, 2.24) is 4.31 Å². The molecule has 0 aliphatic rings. The quantitative estimate of drug-likeness (QED) is 0.176. The summed E-state index contributed by atoms with van der Waals surface area (Å²) in [5.74, 6) is -0.463. The molecule has 0 amide bonds. The van der Waals surface area contributed by atoms with Gasteiger partial charge in [-0.25, -0.2) is 12.8 Å². The minimum atomic E-state index is -3.99. The maximum Gasteiger partial charge on any atom is 0.243 e. The second-order valence-corrected chi connectivity index (χ2v) is 10.4. The maximum absolute atomic E-state index is 14.4. The zero-order valence-electron chi connectivity index (χ0n) is 23.9. The number of hydrogen-bond acceptors (Lipinski definition) is 7. The molecule has 0 fully saturated rings. The summed E-state index contributed by atoms with van der Waals surface area (Å²) in [4.78, 5) is 22.6. The number of thiophene rings is 1. The predicted octanol–water partition coefficient (Wildman–Crippen LogP) is 5.85. The van der Waals surface area contributed by atoms with Crippen LogP contribution in [0.15, 0.2) is 66.1 Å². The number of fused-ring (bicyclic) bond motifs is 1. The molecule has 0 aliphatic heterocycles. The van der Waals surface area contributed by atoms with Gasteiger partial charge >= 0.3 is 0 Å². The van der Waals surface area contributed by atoms with Gasteiger partial charge in [-0.05, 0) is 47.2 Å². The summed E-state index contributed by atoms with van der Waals surface area (Å²) in [5, 5.41) is 18.6. The van der Waals surface area contributed by atoms with E-state index >= 15 is 0 Å². The first kappa shape index (κ1) is 40.7. The van der Waals surface area contributed by atoms with Crippen molar-refractivity contribution in [3.05, 3.63) is 82.8 Å². The average Bonchev–Trinajstić information content (AvgIpc) is 3.43. The first-order valence-corrected chi connectivity index (χ1v) is 14.7. The number of aliphatic hydroxyl groups excluding tert-OH is 2. The molecular weight excluding hydrogens is 736 g/mol. The molecule has 0 spiro atoms. The van der Waals surface area contributed by atoms with E-state index in [1.807, 2.05) is 26.8 Å². The van der Waals surface area contributed by atoms with Crippen molar-refractivity contribution in [2.24, 2.45) is 0 Å². The molecule has 1 aromatic heterocycles. The van der Waals surface area contributed by atoms with Gasteiger partial charge in [0.1, 0.15) is 18.4 Å². The molecule has 0 atom stereocenters. The summed E-state index contributed by atoms with van der Waals surface area (Å²) in [6, 6.07) is 10.8. The van der Waals surface area contributed by atoms with Crippen LogP contribution in [0, 0.1) is 5.82 Å². The van der Waals surface area contributed by atoms with Crippen molar-refractivity contribution in [1.29, 1.82) is 0 Å². The van der Waals surface area contributed by atoms with Gasteiger partial charge in [-0.2, -0.15) is 4.31 Å². The number of sulfonamides is 1. The van der Waals surface area contributed by atoms with Gasteiger partial charge in [0, 0.05) is 48.0 Å². The molecule has 2 N–H and O–H groups in total. The van der Waals surface area contributed by atoms with E-state index in [0.717, 1.165) is 47.4 Å². The van der Waals surface area contributed by atoms with Crippen LogP contribution in [0.5, 0.6) is 0 Å². The Morgan fingerprint density at radius 1 is 1.05 bits per heavy atom. The van der Waals surface area contributed by atoms with E-state index in [2.05, 4.69) is 11.9 Å². The SMILES string of the molecule is C=C/C(=C\CC)c1ccc(S(=O)(=O)N(CC=O)Cc2cc3c([N-]CC=O)ccc(F)c3s2)cc1.CC.CO.CO.[Ta]. The van der Waals surface area contributed by atoms with E-state index in [4.69, 9.17) is 10.2 Å². The number of hydrogen-bond donors (Lipinski definition) is 2. The van der Waals surface area contributed by atoms with E-state index in [1.54, 1.807) is 24.3 Å². The van der Waals surface area contributed by atoms with E-state index < -0.39 is 15.8 Å². The molecule has 41 heavy (non-hydrogen) atoms. The Hall–Kier alpha value is -2.48. The molecule has 0 saturated heterocycles. The van der Waals surface area contributed by atoms with Crippen LogP contribution in [0.2, 0.25) is 0 Å². The van der Waals surface area contributed by atoms with Crippen LogP contribution in [-0.2, 0) is 48.5 Å². The second kappa shape index (κ2) is 22.2. The van der Waals surface area contributed by atoms with Crippen LogP contribution < -0.4 is 0 Å². The van der Waals surface area contributed by atoms with E-state index in [0.29, 0.717) is 33.2 Å². The number of allylic oxidation sites excluding steroid dienone is 3. The molecule has 3 aromatic rings. The van der Waals surface area contributed by atoms with Crippen molar-refractivity contribution in [2.45, 2.75) is 38.6 Å². The Balaban J connectivity index is 0. The van der Waals surface area contributed by atoms with Crippen molar-refractivity contribution < 1.29 is 55.0 Å². The normalized spacial score (nSPS) is 10.5. The van der Waals surface area contributed by atoms with E-state index in [9.17, 15) is 22.4 Å². The molecule has 12 heteroatoms. The fourth-order valence-electron chi connectivity index (χ4n) is 3.49. The van der Waals surface area contributed by atoms with E-state index in [1.165, 1.54) is 24.3 Å². The van der Waals surface area contributed by atoms with Crippen LogP contribution in [0.1, 0.15) is 37.6 Å². The van der Waals surface area contributed by atoms with Crippen LogP contribution in [0.4, 0.5) is 10.1 Å². The van der Waals surface area contributed by atoms with Crippen LogP contribution in [0.3, 0.4) is 0 Å². The number of aliphatic hydroxyl groups is 2. The first-order valence-electron chi connectivity index (χ1n) is 12.4. The fraction of sp³-hybridized carbons (Fsp3) is 0.310. The van der Waals surface area contributed by atoms with Crippen LogP contribution >= 0.6 is 11.3 Å². The van der Waals surface area contributed by atoms with Crippen molar-refractivity contribution in [3.8, 4) is 0 Å². The fourth-order valence-corrected chi connectivity index (χ4v) is 6.02. The Kier molecular flexibility index (Phi) is 22.0. The zero-order chi connectivity index (χ0) is 30.7. The first-order chi connectivity index (χ1) is 19.3. The third-order valence-electron chi connectivity index (χ3n) is 5.08. The summed E-state index contributed by atoms with van der Waals surface area (Å²) in [6.45, 7) is 9.27. The summed E-state index contributed by atoms with van der Waals surface area (Å²) in [7, 11) is -1.99. The molecule has 2 aromatic carbocycles. The molecule has 0 saturated carbocycles. The third-order valence-corrected chi connectivity index (χ3v) is 8.03.